The van der Waals surface area contributed by atoms with Gasteiger partial charge in [-0.3, -0.25) is 4.79 Å². The van der Waals surface area contributed by atoms with E-state index in [-0.39, 0.29) is 16.3 Å². The molecule has 0 fully saturated rings. The van der Waals surface area contributed by atoms with E-state index in [4.69, 9.17) is 28.9 Å². The molecule has 0 bridgehead atoms. The number of halogens is 2. The molecule has 1 aromatic carbocycles. The van der Waals surface area contributed by atoms with Gasteiger partial charge < -0.3 is 11.1 Å². The molecule has 3 N–H and O–H groups in total. The number of aryl methyl sites for hydroxylation is 1. The first-order valence-electron chi connectivity index (χ1n) is 5.79. The van der Waals surface area contributed by atoms with E-state index in [1.807, 2.05) is 19.1 Å². The number of aromatic nitrogens is 2. The lowest BCUT2D eigenvalue weighted by molar-refractivity contribution is -0.117. The predicted octanol–water partition coefficient (Wildman–Crippen LogP) is 2.73. The summed E-state index contributed by atoms with van der Waals surface area (Å²) in [5.74, 6) is -0.192. The zero-order valence-corrected chi connectivity index (χ0v) is 12.1. The van der Waals surface area contributed by atoms with Gasteiger partial charge in [0, 0.05) is 6.07 Å². The molecule has 0 spiro atoms. The van der Waals surface area contributed by atoms with Crippen molar-refractivity contribution in [3.8, 4) is 0 Å². The average Bonchev–Trinajstić information content (AvgIpc) is 2.37. The predicted molar refractivity (Wildman–Crippen MR) is 78.8 cm³/mol. The number of benzene rings is 1. The van der Waals surface area contributed by atoms with E-state index in [0.29, 0.717) is 5.56 Å². The van der Waals surface area contributed by atoms with Crippen LogP contribution in [0.5, 0.6) is 0 Å². The van der Waals surface area contributed by atoms with Gasteiger partial charge in [-0.05, 0) is 24.1 Å². The molecule has 1 amide bonds. The maximum absolute atomic E-state index is 12.0. The summed E-state index contributed by atoms with van der Waals surface area (Å²) in [6.45, 7) is 1.96. The Labute approximate surface area is 126 Å². The highest BCUT2D eigenvalue weighted by Gasteiger charge is 2.16. The van der Waals surface area contributed by atoms with Crippen LogP contribution in [-0.2, 0) is 4.79 Å². The van der Waals surface area contributed by atoms with Crippen LogP contribution in [0.15, 0.2) is 30.3 Å². The van der Waals surface area contributed by atoms with Crippen molar-refractivity contribution in [2.45, 2.75) is 13.0 Å². The summed E-state index contributed by atoms with van der Waals surface area (Å²) < 4.78 is 0. The van der Waals surface area contributed by atoms with Gasteiger partial charge in [-0.25, -0.2) is 9.97 Å². The Morgan fingerprint density at radius 3 is 2.50 bits per heavy atom. The summed E-state index contributed by atoms with van der Waals surface area (Å²) in [4.78, 5) is 19.6. The van der Waals surface area contributed by atoms with E-state index in [0.717, 1.165) is 5.56 Å². The first-order chi connectivity index (χ1) is 9.45. The van der Waals surface area contributed by atoms with Gasteiger partial charge in [-0.15, -0.1) is 0 Å². The van der Waals surface area contributed by atoms with Gasteiger partial charge in [0.15, 0.2) is 0 Å². The minimum atomic E-state index is -0.803. The molecule has 20 heavy (non-hydrogen) atoms. The first kappa shape index (κ1) is 14.7. The number of nitrogens with zero attached hydrogens (tertiary/aromatic N) is 2. The number of carbonyl (C=O) groups excluding carboxylic acids is 1. The Kier molecular flexibility index (Phi) is 4.54. The number of hydrogen-bond acceptors (Lipinski definition) is 4. The van der Waals surface area contributed by atoms with Crippen LogP contribution in [0.2, 0.25) is 10.4 Å². The number of hydrogen-bond donors (Lipinski definition) is 2. The molecule has 0 aliphatic rings. The highest BCUT2D eigenvalue weighted by atomic mass is 35.5. The second-order valence-corrected chi connectivity index (χ2v) is 4.95. The van der Waals surface area contributed by atoms with Crippen LogP contribution in [0, 0.1) is 6.92 Å². The molecule has 1 heterocycles. The van der Waals surface area contributed by atoms with E-state index in [9.17, 15) is 4.79 Å². The minimum absolute atomic E-state index is 0.0447. The fraction of sp³-hybridized carbons (Fsp3) is 0.154. The number of nitrogens with one attached hydrogen (secondary N) is 1. The third-order valence-corrected chi connectivity index (χ3v) is 3.00. The molecule has 5 nitrogen and oxygen atoms in total. The number of nitrogens with two attached hydrogens (primary N) is 1. The number of rotatable bonds is 3. The third kappa shape index (κ3) is 3.66. The third-order valence-electron chi connectivity index (χ3n) is 2.64. The number of amides is 1. The largest absolute Gasteiger partial charge is 0.316 e. The molecule has 0 saturated heterocycles. The summed E-state index contributed by atoms with van der Waals surface area (Å²) in [6, 6.07) is 7.98. The standard InChI is InChI=1S/C13H12Cl2N4O/c1-7-2-4-8(5-3-7)11(16)12(20)18-10-6-9(14)17-13(15)19-10/h2-6,11H,16H2,1H3,(H,17,18,19,20). The molecule has 1 unspecified atom stereocenters. The van der Waals surface area contributed by atoms with E-state index >= 15 is 0 Å². The van der Waals surface area contributed by atoms with Crippen LogP contribution in [0.3, 0.4) is 0 Å². The molecule has 0 saturated carbocycles. The van der Waals surface area contributed by atoms with Crippen LogP contribution >= 0.6 is 23.2 Å². The van der Waals surface area contributed by atoms with Crippen LogP contribution in [0.25, 0.3) is 0 Å². The molecular formula is C13H12Cl2N4O. The minimum Gasteiger partial charge on any atom is -0.316 e. The van der Waals surface area contributed by atoms with Crippen molar-refractivity contribution in [1.82, 2.24) is 9.97 Å². The van der Waals surface area contributed by atoms with E-state index in [1.54, 1.807) is 12.1 Å². The van der Waals surface area contributed by atoms with Crippen LogP contribution in [0.4, 0.5) is 5.82 Å². The highest BCUT2D eigenvalue weighted by Crippen LogP contribution is 2.17. The fourth-order valence-electron chi connectivity index (χ4n) is 1.58. The summed E-state index contributed by atoms with van der Waals surface area (Å²) >= 11 is 11.4. The Balaban J connectivity index is 2.13. The molecule has 0 aliphatic heterocycles. The molecule has 2 rings (SSSR count). The second kappa shape index (κ2) is 6.17. The summed E-state index contributed by atoms with van der Waals surface area (Å²) in [7, 11) is 0. The monoisotopic (exact) mass is 310 g/mol. The van der Waals surface area contributed by atoms with Crippen molar-refractivity contribution in [1.29, 1.82) is 0 Å². The van der Waals surface area contributed by atoms with E-state index in [1.165, 1.54) is 6.07 Å². The summed E-state index contributed by atoms with van der Waals surface area (Å²) in [6.07, 6.45) is 0. The molecular weight excluding hydrogens is 299 g/mol. The highest BCUT2D eigenvalue weighted by molar-refractivity contribution is 6.32. The number of anilines is 1. The zero-order chi connectivity index (χ0) is 14.7. The molecule has 7 heteroatoms. The van der Waals surface area contributed by atoms with Gasteiger partial charge in [0.25, 0.3) is 0 Å². The summed E-state index contributed by atoms with van der Waals surface area (Å²) in [5, 5.41) is 2.65. The van der Waals surface area contributed by atoms with Crippen molar-refractivity contribution < 1.29 is 4.79 Å². The maximum atomic E-state index is 12.0. The molecule has 104 valence electrons. The first-order valence-corrected chi connectivity index (χ1v) is 6.54. The Morgan fingerprint density at radius 2 is 1.90 bits per heavy atom. The smallest absolute Gasteiger partial charge is 0.247 e. The van der Waals surface area contributed by atoms with Crippen molar-refractivity contribution in [3.63, 3.8) is 0 Å². The normalized spacial score (nSPS) is 12.0. The Hall–Kier alpha value is -1.69. The lowest BCUT2D eigenvalue weighted by Crippen LogP contribution is -2.28. The SMILES string of the molecule is Cc1ccc(C(N)C(=O)Nc2cc(Cl)nc(Cl)n2)cc1. The molecule has 0 radical (unpaired) electrons. The van der Waals surface area contributed by atoms with Crippen LogP contribution < -0.4 is 11.1 Å². The Bertz CT molecular complexity index is 611. The van der Waals surface area contributed by atoms with Gasteiger partial charge in [-0.2, -0.15) is 0 Å². The van der Waals surface area contributed by atoms with Crippen molar-refractivity contribution >= 4 is 34.9 Å². The lowest BCUT2D eigenvalue weighted by Gasteiger charge is -2.12. The molecule has 2 aromatic rings. The van der Waals surface area contributed by atoms with Gasteiger partial charge in [0.1, 0.15) is 17.0 Å². The molecule has 0 aliphatic carbocycles. The maximum Gasteiger partial charge on any atom is 0.247 e. The molecule has 1 atom stereocenters. The summed E-state index contributed by atoms with van der Waals surface area (Å²) in [5.41, 5.74) is 7.69. The molecule has 1 aromatic heterocycles. The Morgan fingerprint density at radius 1 is 1.25 bits per heavy atom. The average molecular weight is 311 g/mol. The van der Waals surface area contributed by atoms with Crippen LogP contribution in [-0.4, -0.2) is 15.9 Å². The van der Waals surface area contributed by atoms with E-state index < -0.39 is 11.9 Å². The number of carbonyl (C=O) groups is 1. The lowest BCUT2D eigenvalue weighted by atomic mass is 10.1. The van der Waals surface area contributed by atoms with Gasteiger partial charge >= 0.3 is 0 Å². The second-order valence-electron chi connectivity index (χ2n) is 4.22. The van der Waals surface area contributed by atoms with Crippen molar-refractivity contribution in [2.75, 3.05) is 5.32 Å². The van der Waals surface area contributed by atoms with Crippen LogP contribution in [0.1, 0.15) is 17.2 Å². The van der Waals surface area contributed by atoms with Gasteiger partial charge in [0.2, 0.25) is 11.2 Å². The van der Waals surface area contributed by atoms with Crippen molar-refractivity contribution in [3.05, 3.63) is 51.9 Å². The fourth-order valence-corrected chi connectivity index (χ4v) is 1.99. The van der Waals surface area contributed by atoms with Gasteiger partial charge in [-0.1, -0.05) is 41.4 Å². The van der Waals surface area contributed by atoms with Crippen molar-refractivity contribution in [2.24, 2.45) is 5.73 Å². The zero-order valence-electron chi connectivity index (χ0n) is 10.6. The van der Waals surface area contributed by atoms with E-state index in [2.05, 4.69) is 15.3 Å². The quantitative estimate of drug-likeness (QED) is 0.674. The van der Waals surface area contributed by atoms with Gasteiger partial charge in [0.05, 0.1) is 0 Å². The topological polar surface area (TPSA) is 80.9 Å².